The van der Waals surface area contributed by atoms with Gasteiger partial charge in [0, 0.05) is 6.42 Å². The summed E-state index contributed by atoms with van der Waals surface area (Å²) < 4.78 is 5.37. The minimum Gasteiger partial charge on any atom is -0.496 e. The summed E-state index contributed by atoms with van der Waals surface area (Å²) in [5.74, 6) is 0.924. The highest BCUT2D eigenvalue weighted by atomic mass is 16.5. The van der Waals surface area contributed by atoms with Crippen molar-refractivity contribution >= 4 is 0 Å². The van der Waals surface area contributed by atoms with Crippen molar-refractivity contribution in [2.45, 2.75) is 39.0 Å². The van der Waals surface area contributed by atoms with Gasteiger partial charge >= 0.3 is 0 Å². The van der Waals surface area contributed by atoms with Crippen LogP contribution in [0.1, 0.15) is 38.3 Å². The fourth-order valence-electron chi connectivity index (χ4n) is 1.70. The minimum absolute atomic E-state index is 0.0635. The van der Waals surface area contributed by atoms with E-state index in [1.54, 1.807) is 7.11 Å². The molecule has 0 saturated carbocycles. The van der Waals surface area contributed by atoms with E-state index in [-0.39, 0.29) is 5.41 Å². The Morgan fingerprint density at radius 3 is 2.50 bits per heavy atom. The lowest BCUT2D eigenvalue weighted by atomic mass is 9.85. The van der Waals surface area contributed by atoms with Crippen LogP contribution in [-0.4, -0.2) is 7.11 Å². The van der Waals surface area contributed by atoms with Crippen molar-refractivity contribution in [3.8, 4) is 11.8 Å². The van der Waals surface area contributed by atoms with E-state index in [2.05, 4.69) is 32.9 Å². The largest absolute Gasteiger partial charge is 0.496 e. The van der Waals surface area contributed by atoms with Crippen molar-refractivity contribution in [1.82, 2.24) is 0 Å². The van der Waals surface area contributed by atoms with Crippen LogP contribution < -0.4 is 4.74 Å². The molecular weight excluding hydrogens is 198 g/mol. The predicted molar refractivity (Wildman–Crippen MR) is 65.6 cm³/mol. The van der Waals surface area contributed by atoms with E-state index >= 15 is 0 Å². The normalized spacial score (nSPS) is 10.9. The summed E-state index contributed by atoms with van der Waals surface area (Å²) in [6, 6.07) is 8.35. The Hall–Kier alpha value is -1.49. The molecule has 1 aromatic rings. The Kier molecular flexibility index (Phi) is 3.95. The van der Waals surface area contributed by atoms with Gasteiger partial charge < -0.3 is 4.74 Å². The van der Waals surface area contributed by atoms with Crippen molar-refractivity contribution in [2.24, 2.45) is 0 Å². The number of ether oxygens (including phenoxy) is 1. The maximum atomic E-state index is 8.58. The lowest BCUT2D eigenvalue weighted by molar-refractivity contribution is 0.397. The van der Waals surface area contributed by atoms with Crippen LogP contribution in [0.15, 0.2) is 18.2 Å². The van der Waals surface area contributed by atoms with Gasteiger partial charge in [0.25, 0.3) is 0 Å². The SMILES string of the molecule is COc1ccc(CCC#N)cc1C(C)(C)C. The summed E-state index contributed by atoms with van der Waals surface area (Å²) >= 11 is 0. The molecule has 0 N–H and O–H groups in total. The molecule has 86 valence electrons. The van der Waals surface area contributed by atoms with Crippen LogP contribution >= 0.6 is 0 Å². The summed E-state index contributed by atoms with van der Waals surface area (Å²) in [6.07, 6.45) is 1.37. The molecule has 16 heavy (non-hydrogen) atoms. The third-order valence-corrected chi connectivity index (χ3v) is 2.60. The standard InChI is InChI=1S/C14H19NO/c1-14(2,3)12-10-11(6-5-9-15)7-8-13(12)16-4/h7-8,10H,5-6H2,1-4H3. The van der Waals surface area contributed by atoms with Crippen LogP contribution in [0.5, 0.6) is 5.75 Å². The molecule has 2 heteroatoms. The molecular formula is C14H19NO. The van der Waals surface area contributed by atoms with Gasteiger partial charge in [-0.05, 0) is 29.0 Å². The van der Waals surface area contributed by atoms with Crippen LogP contribution in [-0.2, 0) is 11.8 Å². The quantitative estimate of drug-likeness (QED) is 0.777. The first kappa shape index (κ1) is 12.6. The first-order valence-corrected chi connectivity index (χ1v) is 5.53. The Morgan fingerprint density at radius 1 is 1.31 bits per heavy atom. The van der Waals surface area contributed by atoms with Crippen LogP contribution in [0.4, 0.5) is 0 Å². The van der Waals surface area contributed by atoms with E-state index in [1.807, 2.05) is 12.1 Å². The molecule has 0 bridgehead atoms. The second-order valence-electron chi connectivity index (χ2n) is 4.94. The van der Waals surface area contributed by atoms with Crippen LogP contribution in [0.25, 0.3) is 0 Å². The molecule has 0 atom stereocenters. The van der Waals surface area contributed by atoms with Gasteiger partial charge in [-0.15, -0.1) is 0 Å². The maximum absolute atomic E-state index is 8.58. The third-order valence-electron chi connectivity index (χ3n) is 2.60. The molecule has 0 aliphatic heterocycles. The maximum Gasteiger partial charge on any atom is 0.122 e. The van der Waals surface area contributed by atoms with Crippen LogP contribution in [0.3, 0.4) is 0 Å². The number of hydrogen-bond donors (Lipinski definition) is 0. The van der Waals surface area contributed by atoms with Gasteiger partial charge in [-0.1, -0.05) is 32.9 Å². The van der Waals surface area contributed by atoms with Crippen molar-refractivity contribution < 1.29 is 4.74 Å². The Balaban J connectivity index is 3.08. The molecule has 0 aliphatic carbocycles. The third kappa shape index (κ3) is 3.00. The second kappa shape index (κ2) is 5.03. The average Bonchev–Trinajstić information content (AvgIpc) is 2.24. The number of methoxy groups -OCH3 is 1. The number of nitriles is 1. The zero-order chi connectivity index (χ0) is 12.2. The van der Waals surface area contributed by atoms with E-state index in [0.717, 1.165) is 12.2 Å². The average molecular weight is 217 g/mol. The van der Waals surface area contributed by atoms with E-state index in [0.29, 0.717) is 6.42 Å². The first-order valence-electron chi connectivity index (χ1n) is 5.53. The van der Waals surface area contributed by atoms with E-state index < -0.39 is 0 Å². The van der Waals surface area contributed by atoms with Gasteiger partial charge in [-0.3, -0.25) is 0 Å². The molecule has 0 fully saturated rings. The molecule has 0 heterocycles. The van der Waals surface area contributed by atoms with Crippen molar-refractivity contribution in [3.05, 3.63) is 29.3 Å². The monoisotopic (exact) mass is 217 g/mol. The molecule has 0 aliphatic rings. The highest BCUT2D eigenvalue weighted by Crippen LogP contribution is 2.32. The summed E-state index contributed by atoms with van der Waals surface area (Å²) in [5.41, 5.74) is 2.46. The van der Waals surface area contributed by atoms with Gasteiger partial charge in [0.1, 0.15) is 5.75 Å². The summed E-state index contributed by atoms with van der Waals surface area (Å²) in [4.78, 5) is 0. The molecule has 1 aromatic carbocycles. The molecule has 0 radical (unpaired) electrons. The van der Waals surface area contributed by atoms with Crippen molar-refractivity contribution in [1.29, 1.82) is 5.26 Å². The Bertz CT molecular complexity index is 396. The molecule has 0 spiro atoms. The van der Waals surface area contributed by atoms with Crippen molar-refractivity contribution in [3.63, 3.8) is 0 Å². The Labute approximate surface area is 97.9 Å². The fourth-order valence-corrected chi connectivity index (χ4v) is 1.70. The molecule has 0 saturated heterocycles. The van der Waals surface area contributed by atoms with E-state index in [1.165, 1.54) is 11.1 Å². The van der Waals surface area contributed by atoms with Crippen LogP contribution in [0.2, 0.25) is 0 Å². The minimum atomic E-state index is 0.0635. The molecule has 0 aromatic heterocycles. The van der Waals surface area contributed by atoms with Gasteiger partial charge in [0.15, 0.2) is 0 Å². The van der Waals surface area contributed by atoms with Gasteiger partial charge in [0.2, 0.25) is 0 Å². The second-order valence-corrected chi connectivity index (χ2v) is 4.94. The summed E-state index contributed by atoms with van der Waals surface area (Å²) in [7, 11) is 1.69. The van der Waals surface area contributed by atoms with Gasteiger partial charge in [-0.2, -0.15) is 5.26 Å². The van der Waals surface area contributed by atoms with Gasteiger partial charge in [0.05, 0.1) is 13.2 Å². The predicted octanol–water partition coefficient (Wildman–Crippen LogP) is 3.45. The summed E-state index contributed by atoms with van der Waals surface area (Å²) in [5, 5.41) is 8.58. The van der Waals surface area contributed by atoms with E-state index in [4.69, 9.17) is 10.00 Å². The summed E-state index contributed by atoms with van der Waals surface area (Å²) in [6.45, 7) is 6.50. The number of rotatable bonds is 3. The molecule has 0 amide bonds. The first-order chi connectivity index (χ1) is 7.49. The van der Waals surface area contributed by atoms with Crippen LogP contribution in [0, 0.1) is 11.3 Å². The zero-order valence-electron chi connectivity index (χ0n) is 10.5. The highest BCUT2D eigenvalue weighted by molar-refractivity contribution is 5.41. The van der Waals surface area contributed by atoms with Crippen molar-refractivity contribution in [2.75, 3.05) is 7.11 Å². The number of hydrogen-bond acceptors (Lipinski definition) is 2. The van der Waals surface area contributed by atoms with Gasteiger partial charge in [-0.25, -0.2) is 0 Å². The zero-order valence-corrected chi connectivity index (χ0v) is 10.5. The smallest absolute Gasteiger partial charge is 0.122 e. The fraction of sp³-hybridized carbons (Fsp3) is 0.500. The lowest BCUT2D eigenvalue weighted by Crippen LogP contribution is -2.13. The number of aryl methyl sites for hydroxylation is 1. The van der Waals surface area contributed by atoms with E-state index in [9.17, 15) is 0 Å². The number of nitrogens with zero attached hydrogens (tertiary/aromatic N) is 1. The highest BCUT2D eigenvalue weighted by Gasteiger charge is 2.18. The molecule has 2 nitrogen and oxygen atoms in total. The molecule has 1 rings (SSSR count). The molecule has 0 unspecified atom stereocenters. The Morgan fingerprint density at radius 2 is 2.00 bits per heavy atom. The topological polar surface area (TPSA) is 33.0 Å². The number of benzene rings is 1. The lowest BCUT2D eigenvalue weighted by Gasteiger charge is -2.22.